The molecule has 2 fully saturated rings. The molecule has 2 aliphatic heterocycles. The summed E-state index contributed by atoms with van der Waals surface area (Å²) in [5, 5.41) is 3.24. The molecule has 4 nitrogen and oxygen atoms in total. The average Bonchev–Trinajstić information content (AvgIpc) is 2.78. The summed E-state index contributed by atoms with van der Waals surface area (Å²) in [7, 11) is 1.46. The van der Waals surface area contributed by atoms with Gasteiger partial charge < -0.3 is 10.1 Å². The van der Waals surface area contributed by atoms with Crippen LogP contribution in [0, 0.1) is 0 Å². The van der Waals surface area contributed by atoms with Gasteiger partial charge in [-0.05, 0) is 32.4 Å². The number of methoxy groups -OCH3 is 1. The number of esters is 1. The molecule has 0 aromatic carbocycles. The van der Waals surface area contributed by atoms with Gasteiger partial charge in [0.1, 0.15) is 6.04 Å². The Labute approximate surface area is 91.0 Å². The first kappa shape index (κ1) is 10.9. The topological polar surface area (TPSA) is 41.6 Å². The average molecular weight is 212 g/mol. The van der Waals surface area contributed by atoms with Crippen LogP contribution in [0.25, 0.3) is 0 Å². The van der Waals surface area contributed by atoms with Crippen molar-refractivity contribution in [2.24, 2.45) is 0 Å². The molecule has 2 rings (SSSR count). The maximum absolute atomic E-state index is 11.3. The monoisotopic (exact) mass is 212 g/mol. The summed E-state index contributed by atoms with van der Waals surface area (Å²) >= 11 is 0. The number of ether oxygens (including phenoxy) is 1. The van der Waals surface area contributed by atoms with Crippen molar-refractivity contribution in [1.82, 2.24) is 10.2 Å². The first-order valence-electron chi connectivity index (χ1n) is 5.86. The Morgan fingerprint density at radius 3 is 2.73 bits per heavy atom. The second kappa shape index (κ2) is 4.94. The number of nitrogens with one attached hydrogen (secondary N) is 1. The molecule has 0 aliphatic carbocycles. The predicted molar refractivity (Wildman–Crippen MR) is 57.6 cm³/mol. The second-order valence-corrected chi connectivity index (χ2v) is 4.47. The smallest absolute Gasteiger partial charge is 0.322 e. The fourth-order valence-corrected chi connectivity index (χ4v) is 2.60. The molecule has 2 atom stereocenters. The van der Waals surface area contributed by atoms with E-state index >= 15 is 0 Å². The van der Waals surface area contributed by atoms with Gasteiger partial charge in [-0.25, -0.2) is 0 Å². The summed E-state index contributed by atoms with van der Waals surface area (Å²) < 4.78 is 4.75. The van der Waals surface area contributed by atoms with Crippen molar-refractivity contribution in [1.29, 1.82) is 0 Å². The molecule has 0 spiro atoms. The van der Waals surface area contributed by atoms with Crippen LogP contribution in [0.4, 0.5) is 0 Å². The zero-order chi connectivity index (χ0) is 10.7. The second-order valence-electron chi connectivity index (χ2n) is 4.47. The molecular weight excluding hydrogens is 192 g/mol. The standard InChI is InChI=1S/C11H20N2O2/c1-15-11(14)10-7-9(8-12-10)13-5-3-2-4-6-13/h9-10,12H,2-8H2,1H3/t9-,10-/m1/s1. The highest BCUT2D eigenvalue weighted by Crippen LogP contribution is 2.19. The Morgan fingerprint density at radius 2 is 2.07 bits per heavy atom. The lowest BCUT2D eigenvalue weighted by atomic mass is 10.1. The number of carbonyl (C=O) groups excluding carboxylic acids is 1. The number of rotatable bonds is 2. The van der Waals surface area contributed by atoms with Gasteiger partial charge in [-0.1, -0.05) is 6.42 Å². The minimum atomic E-state index is -0.116. The largest absolute Gasteiger partial charge is 0.468 e. The first-order valence-corrected chi connectivity index (χ1v) is 5.86. The summed E-state index contributed by atoms with van der Waals surface area (Å²) in [5.74, 6) is -0.116. The number of hydrogen-bond donors (Lipinski definition) is 1. The summed E-state index contributed by atoms with van der Waals surface area (Å²) in [6, 6.07) is 0.455. The SMILES string of the molecule is COC(=O)[C@H]1C[C@@H](N2CCCCC2)CN1. The van der Waals surface area contributed by atoms with Gasteiger partial charge in [-0.3, -0.25) is 9.69 Å². The fraction of sp³-hybridized carbons (Fsp3) is 0.909. The molecule has 0 bridgehead atoms. The van der Waals surface area contributed by atoms with Crippen LogP contribution in [0.5, 0.6) is 0 Å². The summed E-state index contributed by atoms with van der Waals surface area (Å²) in [6.45, 7) is 3.32. The maximum Gasteiger partial charge on any atom is 0.322 e. The first-order chi connectivity index (χ1) is 7.31. The molecule has 2 aliphatic rings. The summed E-state index contributed by atoms with van der Waals surface area (Å²) in [4.78, 5) is 13.9. The molecule has 4 heteroatoms. The Hall–Kier alpha value is -0.610. The van der Waals surface area contributed by atoms with Gasteiger partial charge in [-0.15, -0.1) is 0 Å². The van der Waals surface area contributed by atoms with Crippen molar-refractivity contribution < 1.29 is 9.53 Å². The van der Waals surface area contributed by atoms with Crippen molar-refractivity contribution in [3.8, 4) is 0 Å². The third kappa shape index (κ3) is 2.49. The van der Waals surface area contributed by atoms with E-state index in [1.807, 2.05) is 0 Å². The van der Waals surface area contributed by atoms with Crippen LogP contribution in [0.2, 0.25) is 0 Å². The lowest BCUT2D eigenvalue weighted by molar-refractivity contribution is -0.142. The van der Waals surface area contributed by atoms with Crippen LogP contribution >= 0.6 is 0 Å². The van der Waals surface area contributed by atoms with Gasteiger partial charge in [-0.2, -0.15) is 0 Å². The molecule has 0 aromatic heterocycles. The van der Waals surface area contributed by atoms with E-state index in [1.165, 1.54) is 39.5 Å². The Bertz CT molecular complexity index is 227. The van der Waals surface area contributed by atoms with E-state index in [0.717, 1.165) is 13.0 Å². The Balaban J connectivity index is 1.83. The predicted octanol–water partition coefficient (Wildman–Crippen LogP) is 0.376. The van der Waals surface area contributed by atoms with E-state index in [2.05, 4.69) is 10.2 Å². The highest BCUT2D eigenvalue weighted by atomic mass is 16.5. The van der Waals surface area contributed by atoms with E-state index < -0.39 is 0 Å². The van der Waals surface area contributed by atoms with Gasteiger partial charge in [0.05, 0.1) is 7.11 Å². The quantitative estimate of drug-likeness (QED) is 0.672. The minimum absolute atomic E-state index is 0.0815. The van der Waals surface area contributed by atoms with Crippen LogP contribution < -0.4 is 5.32 Å². The fourth-order valence-electron chi connectivity index (χ4n) is 2.60. The van der Waals surface area contributed by atoms with Gasteiger partial charge >= 0.3 is 5.97 Å². The third-order valence-corrected chi connectivity index (χ3v) is 3.50. The third-order valence-electron chi connectivity index (χ3n) is 3.50. The van der Waals surface area contributed by atoms with Crippen molar-refractivity contribution in [3.05, 3.63) is 0 Å². The molecule has 15 heavy (non-hydrogen) atoms. The Kier molecular flexibility index (Phi) is 3.59. The molecule has 2 heterocycles. The van der Waals surface area contributed by atoms with Crippen LogP contribution in [0.15, 0.2) is 0 Å². The van der Waals surface area contributed by atoms with Crippen molar-refractivity contribution >= 4 is 5.97 Å². The van der Waals surface area contributed by atoms with E-state index in [4.69, 9.17) is 4.74 Å². The molecule has 2 saturated heterocycles. The van der Waals surface area contributed by atoms with E-state index in [0.29, 0.717) is 6.04 Å². The van der Waals surface area contributed by atoms with Crippen molar-refractivity contribution in [3.63, 3.8) is 0 Å². The number of piperidine rings is 1. The number of likely N-dealkylation sites (tertiary alicyclic amines) is 1. The highest BCUT2D eigenvalue weighted by Gasteiger charge is 2.33. The summed E-state index contributed by atoms with van der Waals surface area (Å²) in [5.41, 5.74) is 0. The van der Waals surface area contributed by atoms with Crippen molar-refractivity contribution in [2.75, 3.05) is 26.7 Å². The van der Waals surface area contributed by atoms with Crippen LogP contribution in [-0.2, 0) is 9.53 Å². The zero-order valence-electron chi connectivity index (χ0n) is 9.37. The molecule has 0 saturated carbocycles. The van der Waals surface area contributed by atoms with Gasteiger partial charge in [0.15, 0.2) is 0 Å². The van der Waals surface area contributed by atoms with E-state index in [1.54, 1.807) is 0 Å². The van der Waals surface area contributed by atoms with Crippen LogP contribution in [0.1, 0.15) is 25.7 Å². The molecule has 86 valence electrons. The lowest BCUT2D eigenvalue weighted by Crippen LogP contribution is -2.40. The van der Waals surface area contributed by atoms with Crippen LogP contribution in [0.3, 0.4) is 0 Å². The molecular formula is C11H20N2O2. The Morgan fingerprint density at radius 1 is 1.33 bits per heavy atom. The summed E-state index contributed by atoms with van der Waals surface area (Å²) in [6.07, 6.45) is 4.88. The number of carbonyl (C=O) groups is 1. The lowest BCUT2D eigenvalue weighted by Gasteiger charge is -2.31. The molecule has 0 aromatic rings. The van der Waals surface area contributed by atoms with E-state index in [9.17, 15) is 4.79 Å². The van der Waals surface area contributed by atoms with Gasteiger partial charge in [0.2, 0.25) is 0 Å². The molecule has 1 N–H and O–H groups in total. The van der Waals surface area contributed by atoms with Crippen LogP contribution in [-0.4, -0.2) is 49.7 Å². The highest BCUT2D eigenvalue weighted by molar-refractivity contribution is 5.76. The van der Waals surface area contributed by atoms with Gasteiger partial charge in [0, 0.05) is 12.6 Å². The normalized spacial score (nSPS) is 32.9. The van der Waals surface area contributed by atoms with Crippen molar-refractivity contribution in [2.45, 2.75) is 37.8 Å². The minimum Gasteiger partial charge on any atom is -0.468 e. The zero-order valence-corrected chi connectivity index (χ0v) is 9.37. The van der Waals surface area contributed by atoms with Gasteiger partial charge in [0.25, 0.3) is 0 Å². The number of nitrogens with zero attached hydrogens (tertiary/aromatic N) is 1. The molecule has 0 amide bonds. The molecule has 0 radical (unpaired) electrons. The van der Waals surface area contributed by atoms with E-state index in [-0.39, 0.29) is 12.0 Å². The number of hydrogen-bond acceptors (Lipinski definition) is 4. The molecule has 0 unspecified atom stereocenters. The maximum atomic E-state index is 11.3.